The van der Waals surface area contributed by atoms with Gasteiger partial charge in [0.1, 0.15) is 0 Å². The lowest BCUT2D eigenvalue weighted by molar-refractivity contribution is 0.104. The van der Waals surface area contributed by atoms with Gasteiger partial charge in [-0.2, -0.15) is 0 Å². The molecule has 1 aliphatic rings. The van der Waals surface area contributed by atoms with Crippen LogP contribution in [0.4, 0.5) is 0 Å². The number of rotatable bonds is 7. The van der Waals surface area contributed by atoms with E-state index >= 15 is 0 Å². The summed E-state index contributed by atoms with van der Waals surface area (Å²) < 4.78 is 28.5. The van der Waals surface area contributed by atoms with Crippen molar-refractivity contribution in [2.45, 2.75) is 44.5 Å². The van der Waals surface area contributed by atoms with Crippen molar-refractivity contribution >= 4 is 9.84 Å². The van der Waals surface area contributed by atoms with Gasteiger partial charge in [-0.05, 0) is 39.7 Å². The van der Waals surface area contributed by atoms with Crippen LogP contribution in [-0.4, -0.2) is 45.2 Å². The van der Waals surface area contributed by atoms with Crippen LogP contribution >= 0.6 is 0 Å². The second kappa shape index (κ2) is 6.57. The van der Waals surface area contributed by atoms with Gasteiger partial charge >= 0.3 is 0 Å². The third-order valence-corrected chi connectivity index (χ3v) is 5.16. The Hall–Kier alpha value is -0.130. The number of hydrogen-bond acceptors (Lipinski definition) is 4. The van der Waals surface area contributed by atoms with E-state index in [1.807, 2.05) is 0 Å². The molecular formula is C11H23NO3S. The number of hydrogen-bond donors (Lipinski definition) is 1. The average Bonchev–Trinajstić information content (AvgIpc) is 2.69. The van der Waals surface area contributed by atoms with Crippen molar-refractivity contribution in [2.75, 3.05) is 25.4 Å². The van der Waals surface area contributed by atoms with Crippen LogP contribution < -0.4 is 5.32 Å². The fraction of sp³-hybridized carbons (Fsp3) is 1.00. The zero-order valence-electron chi connectivity index (χ0n) is 10.2. The van der Waals surface area contributed by atoms with Crippen LogP contribution in [0.25, 0.3) is 0 Å². The molecule has 0 radical (unpaired) electrons. The Labute approximate surface area is 98.7 Å². The van der Waals surface area contributed by atoms with E-state index in [9.17, 15) is 8.42 Å². The van der Waals surface area contributed by atoms with E-state index < -0.39 is 9.84 Å². The van der Waals surface area contributed by atoms with Gasteiger partial charge in [0, 0.05) is 13.2 Å². The summed E-state index contributed by atoms with van der Waals surface area (Å²) in [6, 6.07) is 0. The predicted octanol–water partition coefficient (Wildman–Crippen LogP) is 0.968. The Morgan fingerprint density at radius 1 is 1.38 bits per heavy atom. The van der Waals surface area contributed by atoms with E-state index in [4.69, 9.17) is 4.74 Å². The quantitative estimate of drug-likeness (QED) is 0.683. The summed E-state index contributed by atoms with van der Waals surface area (Å²) in [6.07, 6.45) is 3.68. The Morgan fingerprint density at radius 3 is 2.69 bits per heavy atom. The second-order valence-electron chi connectivity index (χ2n) is 4.59. The number of ether oxygens (including phenoxy) is 1. The van der Waals surface area contributed by atoms with Crippen LogP contribution in [0.3, 0.4) is 0 Å². The van der Waals surface area contributed by atoms with Gasteiger partial charge in [-0.15, -0.1) is 0 Å². The van der Waals surface area contributed by atoms with Crippen molar-refractivity contribution in [1.29, 1.82) is 0 Å². The van der Waals surface area contributed by atoms with Crippen molar-refractivity contribution in [2.24, 2.45) is 0 Å². The lowest BCUT2D eigenvalue weighted by Crippen LogP contribution is -2.29. The minimum Gasteiger partial charge on any atom is -0.378 e. The molecule has 1 aliphatic heterocycles. The van der Waals surface area contributed by atoms with Crippen LogP contribution in [0, 0.1) is 0 Å². The Kier molecular flexibility index (Phi) is 5.72. The third-order valence-electron chi connectivity index (χ3n) is 2.95. The molecule has 0 bridgehead atoms. The van der Waals surface area contributed by atoms with Gasteiger partial charge in [-0.3, -0.25) is 0 Å². The Morgan fingerprint density at radius 2 is 2.12 bits per heavy atom. The average molecular weight is 249 g/mol. The highest BCUT2D eigenvalue weighted by atomic mass is 32.2. The Bertz CT molecular complexity index is 282. The highest BCUT2D eigenvalue weighted by Crippen LogP contribution is 2.14. The zero-order chi connectivity index (χ0) is 12.0. The molecule has 4 nitrogen and oxygen atoms in total. The van der Waals surface area contributed by atoms with E-state index in [-0.39, 0.29) is 11.0 Å². The van der Waals surface area contributed by atoms with E-state index in [1.165, 1.54) is 0 Å². The SMILES string of the molecule is CC(C)S(=O)(=O)CCNCCC1CCCO1. The van der Waals surface area contributed by atoms with Gasteiger partial charge in [-0.25, -0.2) is 8.42 Å². The monoisotopic (exact) mass is 249 g/mol. The molecule has 0 aromatic heterocycles. The van der Waals surface area contributed by atoms with Gasteiger partial charge in [0.25, 0.3) is 0 Å². The molecule has 0 aromatic rings. The second-order valence-corrected chi connectivity index (χ2v) is 7.27. The van der Waals surface area contributed by atoms with Crippen molar-refractivity contribution in [3.8, 4) is 0 Å². The number of nitrogens with one attached hydrogen (secondary N) is 1. The standard InChI is InChI=1S/C11H23NO3S/c1-10(2)16(13,14)9-7-12-6-5-11-4-3-8-15-11/h10-12H,3-9H2,1-2H3. The molecule has 1 unspecified atom stereocenters. The third kappa shape index (κ3) is 4.80. The van der Waals surface area contributed by atoms with Gasteiger partial charge < -0.3 is 10.1 Å². The first-order valence-corrected chi connectivity index (χ1v) is 7.78. The minimum absolute atomic E-state index is 0.232. The zero-order valence-corrected chi connectivity index (χ0v) is 11.1. The summed E-state index contributed by atoms with van der Waals surface area (Å²) in [7, 11) is -2.89. The molecule has 1 fully saturated rings. The van der Waals surface area contributed by atoms with Gasteiger partial charge in [0.15, 0.2) is 9.84 Å². The minimum atomic E-state index is -2.89. The fourth-order valence-electron chi connectivity index (χ4n) is 1.71. The lowest BCUT2D eigenvalue weighted by Gasteiger charge is -2.11. The molecule has 16 heavy (non-hydrogen) atoms. The topological polar surface area (TPSA) is 55.4 Å². The van der Waals surface area contributed by atoms with E-state index in [0.29, 0.717) is 12.6 Å². The molecule has 5 heteroatoms. The van der Waals surface area contributed by atoms with E-state index in [0.717, 1.165) is 32.4 Å². The summed E-state index contributed by atoms with van der Waals surface area (Å²) >= 11 is 0. The molecule has 1 atom stereocenters. The Balaban J connectivity index is 2.03. The molecule has 1 rings (SSSR count). The molecule has 1 N–H and O–H groups in total. The molecular weight excluding hydrogens is 226 g/mol. The van der Waals surface area contributed by atoms with Crippen molar-refractivity contribution in [3.05, 3.63) is 0 Å². The van der Waals surface area contributed by atoms with Crippen LogP contribution in [0.5, 0.6) is 0 Å². The van der Waals surface area contributed by atoms with E-state index in [1.54, 1.807) is 13.8 Å². The molecule has 96 valence electrons. The summed E-state index contributed by atoms with van der Waals surface area (Å²) in [4.78, 5) is 0. The van der Waals surface area contributed by atoms with Gasteiger partial charge in [-0.1, -0.05) is 0 Å². The summed E-state index contributed by atoms with van der Waals surface area (Å²) in [6.45, 7) is 5.72. The van der Waals surface area contributed by atoms with Gasteiger partial charge in [0.2, 0.25) is 0 Å². The van der Waals surface area contributed by atoms with Crippen LogP contribution in [0.2, 0.25) is 0 Å². The van der Waals surface area contributed by atoms with Crippen molar-refractivity contribution in [1.82, 2.24) is 5.32 Å². The first-order chi connectivity index (χ1) is 7.52. The molecule has 1 saturated heterocycles. The highest BCUT2D eigenvalue weighted by molar-refractivity contribution is 7.92. The highest BCUT2D eigenvalue weighted by Gasteiger charge is 2.16. The summed E-state index contributed by atoms with van der Waals surface area (Å²) in [5.41, 5.74) is 0. The maximum atomic E-state index is 11.5. The summed E-state index contributed by atoms with van der Waals surface area (Å²) in [5, 5.41) is 2.89. The maximum absolute atomic E-state index is 11.5. The van der Waals surface area contributed by atoms with Gasteiger partial charge in [0.05, 0.1) is 17.1 Å². The smallest absolute Gasteiger partial charge is 0.153 e. The van der Waals surface area contributed by atoms with E-state index in [2.05, 4.69) is 5.32 Å². The molecule has 0 aliphatic carbocycles. The number of sulfone groups is 1. The fourth-order valence-corrected chi connectivity index (χ4v) is 2.61. The molecule has 0 spiro atoms. The largest absolute Gasteiger partial charge is 0.378 e. The first kappa shape index (κ1) is 13.9. The van der Waals surface area contributed by atoms with Crippen molar-refractivity contribution in [3.63, 3.8) is 0 Å². The van der Waals surface area contributed by atoms with Crippen LogP contribution in [0.15, 0.2) is 0 Å². The normalized spacial score (nSPS) is 21.8. The predicted molar refractivity (Wildman–Crippen MR) is 65.4 cm³/mol. The molecule has 0 saturated carbocycles. The molecule has 0 amide bonds. The van der Waals surface area contributed by atoms with Crippen molar-refractivity contribution < 1.29 is 13.2 Å². The maximum Gasteiger partial charge on any atom is 0.153 e. The first-order valence-electron chi connectivity index (χ1n) is 6.06. The summed E-state index contributed by atoms with van der Waals surface area (Å²) in [5.74, 6) is 0.232. The molecule has 0 aromatic carbocycles. The van der Waals surface area contributed by atoms with Crippen LogP contribution in [0.1, 0.15) is 33.1 Å². The lowest BCUT2D eigenvalue weighted by atomic mass is 10.2. The van der Waals surface area contributed by atoms with Crippen LogP contribution in [-0.2, 0) is 14.6 Å². The molecule has 1 heterocycles.